The molecule has 0 atom stereocenters. The zero-order valence-corrected chi connectivity index (χ0v) is 16.6. The molecule has 0 unspecified atom stereocenters. The minimum Gasteiger partial charge on any atom is -0.492 e. The number of hydrogen-bond donors (Lipinski definition) is 1. The van der Waals surface area contributed by atoms with Crippen LogP contribution >= 0.6 is 0 Å². The summed E-state index contributed by atoms with van der Waals surface area (Å²) in [7, 11) is 0. The lowest BCUT2D eigenvalue weighted by Gasteiger charge is -2.26. The Labute approximate surface area is 173 Å². The number of aromatic nitrogens is 3. The number of benzene rings is 2. The molecule has 2 heterocycles. The van der Waals surface area contributed by atoms with Crippen LogP contribution < -0.4 is 10.1 Å². The standard InChI is InChI=1S/C21H23F2N5O2/c1-15-10-18(2-3-20(15)30-9-6-27-4-7-29-8-5-27)25-21-24-14-28(26-21)19-12-16(22)11-17(23)13-19/h2-3,10-14H,4-9H2,1H3,(H,25,26). The summed E-state index contributed by atoms with van der Waals surface area (Å²) in [5.74, 6) is -0.202. The molecule has 2 aromatic carbocycles. The molecule has 1 fully saturated rings. The van der Waals surface area contributed by atoms with Crippen molar-refractivity contribution in [3.8, 4) is 11.4 Å². The molecule has 9 heteroatoms. The van der Waals surface area contributed by atoms with Crippen LogP contribution in [0.5, 0.6) is 5.75 Å². The van der Waals surface area contributed by atoms with Crippen LogP contribution in [0.3, 0.4) is 0 Å². The van der Waals surface area contributed by atoms with Gasteiger partial charge in [-0.25, -0.2) is 13.5 Å². The third-order valence-corrected chi connectivity index (χ3v) is 4.80. The summed E-state index contributed by atoms with van der Waals surface area (Å²) in [6, 6.07) is 8.90. The van der Waals surface area contributed by atoms with Gasteiger partial charge in [0.1, 0.15) is 30.3 Å². The fourth-order valence-electron chi connectivity index (χ4n) is 3.24. The highest BCUT2D eigenvalue weighted by atomic mass is 19.1. The second-order valence-electron chi connectivity index (χ2n) is 7.05. The van der Waals surface area contributed by atoms with Gasteiger partial charge in [-0.2, -0.15) is 4.98 Å². The van der Waals surface area contributed by atoms with Crippen LogP contribution in [0.15, 0.2) is 42.7 Å². The van der Waals surface area contributed by atoms with Gasteiger partial charge in [-0.05, 0) is 42.8 Å². The van der Waals surface area contributed by atoms with E-state index < -0.39 is 11.6 Å². The Kier molecular flexibility index (Phi) is 6.20. The first kappa shape index (κ1) is 20.2. The van der Waals surface area contributed by atoms with Crippen molar-refractivity contribution >= 4 is 11.6 Å². The lowest BCUT2D eigenvalue weighted by atomic mass is 10.2. The summed E-state index contributed by atoms with van der Waals surface area (Å²) in [6.45, 7) is 6.88. The van der Waals surface area contributed by atoms with Gasteiger partial charge in [-0.3, -0.25) is 4.90 Å². The number of ether oxygens (including phenoxy) is 2. The molecular formula is C21H23F2N5O2. The molecule has 0 aliphatic carbocycles. The predicted molar refractivity (Wildman–Crippen MR) is 108 cm³/mol. The molecule has 1 aliphatic heterocycles. The van der Waals surface area contributed by atoms with Gasteiger partial charge in [-0.1, -0.05) is 0 Å². The van der Waals surface area contributed by atoms with Gasteiger partial charge in [0.05, 0.1) is 18.9 Å². The highest BCUT2D eigenvalue weighted by Crippen LogP contribution is 2.24. The number of morpholine rings is 1. The Morgan fingerprint density at radius 1 is 1.10 bits per heavy atom. The maximum Gasteiger partial charge on any atom is 0.246 e. The third-order valence-electron chi connectivity index (χ3n) is 4.80. The number of halogens is 2. The van der Waals surface area contributed by atoms with Gasteiger partial charge in [-0.15, -0.1) is 5.10 Å². The summed E-state index contributed by atoms with van der Waals surface area (Å²) >= 11 is 0. The van der Waals surface area contributed by atoms with E-state index in [0.29, 0.717) is 12.6 Å². The highest BCUT2D eigenvalue weighted by molar-refractivity contribution is 5.57. The third kappa shape index (κ3) is 5.11. The van der Waals surface area contributed by atoms with Crippen molar-refractivity contribution in [2.75, 3.05) is 44.8 Å². The minimum absolute atomic E-state index is 0.258. The average molecular weight is 415 g/mol. The van der Waals surface area contributed by atoms with Gasteiger partial charge in [0.15, 0.2) is 0 Å². The summed E-state index contributed by atoms with van der Waals surface area (Å²) in [6.07, 6.45) is 1.40. The van der Waals surface area contributed by atoms with E-state index in [9.17, 15) is 8.78 Å². The van der Waals surface area contributed by atoms with Gasteiger partial charge in [0, 0.05) is 31.4 Å². The van der Waals surface area contributed by atoms with Crippen LogP contribution in [-0.4, -0.2) is 59.1 Å². The number of anilines is 2. The van der Waals surface area contributed by atoms with Crippen LogP contribution in [-0.2, 0) is 4.74 Å². The second kappa shape index (κ2) is 9.19. The van der Waals surface area contributed by atoms with Crippen LogP contribution in [0.4, 0.5) is 20.4 Å². The maximum atomic E-state index is 13.4. The van der Waals surface area contributed by atoms with Crippen molar-refractivity contribution in [2.24, 2.45) is 0 Å². The molecule has 30 heavy (non-hydrogen) atoms. The number of nitrogens with zero attached hydrogens (tertiary/aromatic N) is 4. The minimum atomic E-state index is -0.671. The number of aryl methyl sites for hydroxylation is 1. The Morgan fingerprint density at radius 3 is 2.60 bits per heavy atom. The van der Waals surface area contributed by atoms with Gasteiger partial charge < -0.3 is 14.8 Å². The Morgan fingerprint density at radius 2 is 1.87 bits per heavy atom. The molecule has 1 aliphatic rings. The fourth-order valence-corrected chi connectivity index (χ4v) is 3.24. The molecule has 0 radical (unpaired) electrons. The fraction of sp³-hybridized carbons (Fsp3) is 0.333. The number of hydrogen-bond acceptors (Lipinski definition) is 6. The first-order chi connectivity index (χ1) is 14.6. The van der Waals surface area contributed by atoms with Crippen molar-refractivity contribution in [3.63, 3.8) is 0 Å². The van der Waals surface area contributed by atoms with E-state index in [4.69, 9.17) is 9.47 Å². The number of nitrogens with one attached hydrogen (secondary N) is 1. The molecule has 0 amide bonds. The summed E-state index contributed by atoms with van der Waals surface area (Å²) < 4.78 is 39.4. The lowest BCUT2D eigenvalue weighted by Crippen LogP contribution is -2.38. The van der Waals surface area contributed by atoms with Crippen LogP contribution in [0.1, 0.15) is 5.56 Å². The quantitative estimate of drug-likeness (QED) is 0.639. The van der Waals surface area contributed by atoms with Crippen LogP contribution in [0, 0.1) is 18.6 Å². The topological polar surface area (TPSA) is 64.4 Å². The first-order valence-electron chi connectivity index (χ1n) is 9.75. The smallest absolute Gasteiger partial charge is 0.246 e. The highest BCUT2D eigenvalue weighted by Gasteiger charge is 2.11. The van der Waals surface area contributed by atoms with E-state index in [0.717, 1.165) is 55.9 Å². The zero-order valence-electron chi connectivity index (χ0n) is 16.6. The summed E-state index contributed by atoms with van der Waals surface area (Å²) in [5, 5.41) is 7.32. The van der Waals surface area contributed by atoms with E-state index in [1.54, 1.807) is 0 Å². The van der Waals surface area contributed by atoms with Gasteiger partial charge in [0.25, 0.3) is 0 Å². The SMILES string of the molecule is Cc1cc(Nc2ncn(-c3cc(F)cc(F)c3)n2)ccc1OCCN1CCOCC1. The Balaban J connectivity index is 1.36. The van der Waals surface area contributed by atoms with Crippen molar-refractivity contribution in [2.45, 2.75) is 6.92 Å². The van der Waals surface area contributed by atoms with Crippen molar-refractivity contribution in [1.82, 2.24) is 19.7 Å². The molecule has 1 N–H and O–H groups in total. The molecule has 1 saturated heterocycles. The molecular weight excluding hydrogens is 392 g/mol. The molecule has 3 aromatic rings. The summed E-state index contributed by atoms with van der Waals surface area (Å²) in [4.78, 5) is 6.47. The van der Waals surface area contributed by atoms with Crippen molar-refractivity contribution < 1.29 is 18.3 Å². The molecule has 158 valence electrons. The molecule has 7 nitrogen and oxygen atoms in total. The van der Waals surface area contributed by atoms with E-state index in [2.05, 4.69) is 20.3 Å². The van der Waals surface area contributed by atoms with Crippen LogP contribution in [0.25, 0.3) is 5.69 Å². The first-order valence-corrected chi connectivity index (χ1v) is 9.75. The molecule has 1 aromatic heterocycles. The molecule has 0 bridgehead atoms. The van der Waals surface area contributed by atoms with E-state index in [-0.39, 0.29) is 5.69 Å². The van der Waals surface area contributed by atoms with E-state index in [1.807, 2.05) is 25.1 Å². The Hall–Kier alpha value is -3.04. The summed E-state index contributed by atoms with van der Waals surface area (Å²) in [5.41, 5.74) is 2.03. The van der Waals surface area contributed by atoms with Crippen molar-refractivity contribution in [1.29, 1.82) is 0 Å². The largest absolute Gasteiger partial charge is 0.492 e. The Bertz CT molecular complexity index is 985. The number of rotatable bonds is 7. The average Bonchev–Trinajstić information content (AvgIpc) is 3.18. The lowest BCUT2D eigenvalue weighted by molar-refractivity contribution is 0.0322. The van der Waals surface area contributed by atoms with E-state index >= 15 is 0 Å². The molecule has 0 spiro atoms. The predicted octanol–water partition coefficient (Wildman–Crippen LogP) is 3.31. The molecule has 4 rings (SSSR count). The second-order valence-corrected chi connectivity index (χ2v) is 7.05. The zero-order chi connectivity index (χ0) is 20.9. The van der Waals surface area contributed by atoms with Gasteiger partial charge in [0.2, 0.25) is 5.95 Å². The van der Waals surface area contributed by atoms with Crippen LogP contribution in [0.2, 0.25) is 0 Å². The molecule has 0 saturated carbocycles. The van der Waals surface area contributed by atoms with E-state index in [1.165, 1.54) is 23.1 Å². The normalized spacial score (nSPS) is 14.6. The maximum absolute atomic E-state index is 13.4. The monoisotopic (exact) mass is 415 g/mol. The van der Waals surface area contributed by atoms with Gasteiger partial charge >= 0.3 is 0 Å². The van der Waals surface area contributed by atoms with Crippen molar-refractivity contribution in [3.05, 3.63) is 59.9 Å².